The van der Waals surface area contributed by atoms with Gasteiger partial charge in [-0.1, -0.05) is 94.9 Å². The van der Waals surface area contributed by atoms with Crippen LogP contribution in [0.3, 0.4) is 0 Å². The van der Waals surface area contributed by atoms with Gasteiger partial charge in [0.05, 0.1) is 0 Å². The summed E-state index contributed by atoms with van der Waals surface area (Å²) < 4.78 is 0. The molecule has 0 aromatic heterocycles. The van der Waals surface area contributed by atoms with E-state index in [1.807, 2.05) is 41.5 Å². The van der Waals surface area contributed by atoms with Crippen molar-refractivity contribution in [3.8, 4) is 0 Å². The minimum Gasteiger partial charge on any atom is -0.179 e. The highest BCUT2D eigenvalue weighted by molar-refractivity contribution is 7.80. The van der Waals surface area contributed by atoms with Crippen LogP contribution in [0.25, 0.3) is 0 Å². The highest BCUT2D eigenvalue weighted by Crippen LogP contribution is 2.24. The Labute approximate surface area is 145 Å². The van der Waals surface area contributed by atoms with Crippen LogP contribution < -0.4 is 0 Å². The van der Waals surface area contributed by atoms with E-state index in [1.54, 1.807) is 0 Å². The van der Waals surface area contributed by atoms with Crippen LogP contribution in [0, 0.1) is 5.92 Å². The third-order valence-corrected chi connectivity index (χ3v) is 2.25. The maximum atomic E-state index is 4.22. The van der Waals surface area contributed by atoms with Crippen molar-refractivity contribution in [1.29, 1.82) is 0 Å². The summed E-state index contributed by atoms with van der Waals surface area (Å²) in [5.41, 5.74) is 0. The van der Waals surface area contributed by atoms with Crippen molar-refractivity contribution in [2.45, 2.75) is 108 Å². The summed E-state index contributed by atoms with van der Waals surface area (Å²) in [4.78, 5) is 0. The molecule has 1 aliphatic carbocycles. The Balaban J connectivity index is -0.0000000350. The van der Waals surface area contributed by atoms with Crippen LogP contribution in [0.15, 0.2) is 13.2 Å². The van der Waals surface area contributed by atoms with Gasteiger partial charge in [-0.2, -0.15) is 12.6 Å². The summed E-state index contributed by atoms with van der Waals surface area (Å²) >= 11 is 4.22. The number of hydrogen-bond acceptors (Lipinski definition) is 1. The molecule has 0 unspecified atom stereocenters. The molecule has 0 heterocycles. The average Bonchev–Trinajstić information content (AvgIpc) is 3.10. The van der Waals surface area contributed by atoms with E-state index in [0.717, 1.165) is 11.7 Å². The van der Waals surface area contributed by atoms with Crippen molar-refractivity contribution in [1.82, 2.24) is 0 Å². The highest BCUT2D eigenvalue weighted by Gasteiger charge is 2.11. The molecule has 0 spiro atoms. The first kappa shape index (κ1) is 37.4. The molecule has 0 aromatic carbocycles. The maximum absolute atomic E-state index is 4.22. The van der Waals surface area contributed by atoms with Crippen LogP contribution in [0.2, 0.25) is 0 Å². The lowest BCUT2D eigenvalue weighted by molar-refractivity contribution is 0.625. The zero-order valence-corrected chi connectivity index (χ0v) is 18.3. The lowest BCUT2D eigenvalue weighted by atomic mass is 10.1. The van der Waals surface area contributed by atoms with Crippen molar-refractivity contribution in [3.05, 3.63) is 13.2 Å². The maximum Gasteiger partial charge on any atom is -0.00695 e. The summed E-state index contributed by atoms with van der Waals surface area (Å²) in [5, 5.41) is 0. The van der Waals surface area contributed by atoms with E-state index in [2.05, 4.69) is 53.5 Å². The van der Waals surface area contributed by atoms with Crippen LogP contribution in [0.1, 0.15) is 108 Å². The molecule has 1 saturated carbocycles. The fourth-order valence-corrected chi connectivity index (χ4v) is 1.56. The summed E-state index contributed by atoms with van der Waals surface area (Å²) in [5.74, 6) is 2.07. The highest BCUT2D eigenvalue weighted by atomic mass is 32.1. The molecule has 0 radical (unpaired) electrons. The molecular weight excluding hydrogens is 272 g/mol. The van der Waals surface area contributed by atoms with Gasteiger partial charge in [0.1, 0.15) is 0 Å². The first-order chi connectivity index (χ1) is 10.3. The quantitative estimate of drug-likeness (QED) is 0.362. The Morgan fingerprint density at radius 1 is 0.714 bits per heavy atom. The summed E-state index contributed by atoms with van der Waals surface area (Å²) in [7, 11) is 0. The van der Waals surface area contributed by atoms with Crippen molar-refractivity contribution in [3.63, 3.8) is 0 Å². The molecular formula is C20H50S. The molecule has 0 aliphatic heterocycles. The molecule has 1 fully saturated rings. The van der Waals surface area contributed by atoms with E-state index in [0.29, 0.717) is 0 Å². The van der Waals surface area contributed by atoms with Gasteiger partial charge in [-0.25, -0.2) is 0 Å². The molecule has 0 aromatic rings. The summed E-state index contributed by atoms with van der Waals surface area (Å²) in [6.07, 6.45) is 8.27. The van der Waals surface area contributed by atoms with Crippen LogP contribution in [-0.2, 0) is 0 Å². The summed E-state index contributed by atoms with van der Waals surface area (Å²) in [6.45, 7) is 26.5. The Kier molecular flexibility index (Phi) is 128. The second-order valence-electron chi connectivity index (χ2n) is 3.75. The average molecular weight is 323 g/mol. The van der Waals surface area contributed by atoms with Gasteiger partial charge >= 0.3 is 0 Å². The normalized spacial score (nSPS) is 10.6. The predicted molar refractivity (Wildman–Crippen MR) is 113 cm³/mol. The van der Waals surface area contributed by atoms with E-state index in [9.17, 15) is 0 Å². The van der Waals surface area contributed by atoms with Crippen molar-refractivity contribution in [2.24, 2.45) is 5.92 Å². The largest absolute Gasteiger partial charge is 0.179 e. The predicted octanol–water partition coefficient (Wildman–Crippen LogP) is 8.82. The molecule has 0 amide bonds. The van der Waals surface area contributed by atoms with E-state index in [-0.39, 0.29) is 0 Å². The first-order valence-corrected chi connectivity index (χ1v) is 10.0. The zero-order valence-electron chi connectivity index (χ0n) is 17.4. The molecule has 0 nitrogen and oxygen atoms in total. The van der Waals surface area contributed by atoms with E-state index in [4.69, 9.17) is 0 Å². The number of rotatable bonds is 1. The van der Waals surface area contributed by atoms with Gasteiger partial charge in [-0.3, -0.25) is 0 Å². The van der Waals surface area contributed by atoms with Gasteiger partial charge in [0, 0.05) is 0 Å². The van der Waals surface area contributed by atoms with Crippen molar-refractivity contribution >= 4 is 12.6 Å². The van der Waals surface area contributed by atoms with E-state index >= 15 is 0 Å². The topological polar surface area (TPSA) is 0 Å². The van der Waals surface area contributed by atoms with Crippen molar-refractivity contribution in [2.75, 3.05) is 5.75 Å². The fraction of sp³-hybridized carbons (Fsp3) is 0.900. The monoisotopic (exact) mass is 322 g/mol. The smallest absolute Gasteiger partial charge is 0.00695 e. The molecule has 0 atom stereocenters. The molecule has 0 bridgehead atoms. The lowest BCUT2D eigenvalue weighted by Gasteiger charge is -1.99. The second-order valence-corrected chi connectivity index (χ2v) is 4.11. The molecule has 0 saturated heterocycles. The van der Waals surface area contributed by atoms with Gasteiger partial charge in [-0.05, 0) is 24.5 Å². The molecule has 1 heteroatoms. The first-order valence-electron chi connectivity index (χ1n) is 9.37. The third kappa shape index (κ3) is 79.6. The Morgan fingerprint density at radius 2 is 0.905 bits per heavy atom. The van der Waals surface area contributed by atoms with Gasteiger partial charge in [-0.15, -0.1) is 13.2 Å². The second kappa shape index (κ2) is 71.9. The van der Waals surface area contributed by atoms with Gasteiger partial charge in [0.25, 0.3) is 0 Å². The molecule has 1 aliphatic rings. The number of hydrogen-bond donors (Lipinski definition) is 1. The number of thiol groups is 1. The Morgan fingerprint density at radius 3 is 1.00 bits per heavy atom. The van der Waals surface area contributed by atoms with Gasteiger partial charge in [0.15, 0.2) is 0 Å². The molecule has 0 N–H and O–H groups in total. The fourth-order valence-electron chi connectivity index (χ4n) is 1.19. The van der Waals surface area contributed by atoms with Crippen LogP contribution in [-0.4, -0.2) is 5.75 Å². The standard InChI is InChI=1S/C6H12S.2C3H8.3C2H6.C2H4/c7-5-6-3-1-2-4-6;2*1-3-2;4*1-2/h6-7H,1-5H2;2*3H2,1-2H3;3*1-2H3;1-2H2. The van der Waals surface area contributed by atoms with Gasteiger partial charge in [0.2, 0.25) is 0 Å². The summed E-state index contributed by atoms with van der Waals surface area (Å²) in [6, 6.07) is 0. The SMILES string of the molecule is C=C.CC.CC.CC.CCC.CCC.SCC1CCCC1. The van der Waals surface area contributed by atoms with E-state index < -0.39 is 0 Å². The van der Waals surface area contributed by atoms with Gasteiger partial charge < -0.3 is 0 Å². The van der Waals surface area contributed by atoms with Crippen LogP contribution >= 0.6 is 12.6 Å². The minimum absolute atomic E-state index is 0.961. The zero-order chi connectivity index (χ0) is 18.5. The lowest BCUT2D eigenvalue weighted by Crippen LogP contribution is -1.91. The van der Waals surface area contributed by atoms with E-state index in [1.165, 1.54) is 38.5 Å². The Bertz CT molecular complexity index is 73.9. The third-order valence-electron chi connectivity index (χ3n) is 1.73. The van der Waals surface area contributed by atoms with Crippen LogP contribution in [0.5, 0.6) is 0 Å². The minimum atomic E-state index is 0.961. The molecule has 1 rings (SSSR count). The molecule has 21 heavy (non-hydrogen) atoms. The van der Waals surface area contributed by atoms with Crippen molar-refractivity contribution < 1.29 is 0 Å². The molecule has 136 valence electrons. The Hall–Kier alpha value is 0.0900. The van der Waals surface area contributed by atoms with Crippen LogP contribution in [0.4, 0.5) is 0 Å².